The van der Waals surface area contributed by atoms with E-state index in [1.165, 1.54) is 6.07 Å². The Morgan fingerprint density at radius 3 is 2.64 bits per heavy atom. The molecule has 0 saturated carbocycles. The van der Waals surface area contributed by atoms with Gasteiger partial charge in [-0.05, 0) is 11.4 Å². The number of aliphatic carboxylic acids is 1. The minimum atomic E-state index is -2.71. The first-order valence-corrected chi connectivity index (χ1v) is 5.01. The maximum atomic E-state index is 12.5. The molecule has 1 N–H and O–H groups in total. The summed E-state index contributed by atoms with van der Waals surface area (Å²) in [6, 6.07) is 1.48. The highest BCUT2D eigenvalue weighted by Gasteiger charge is 2.28. The third-order valence-corrected chi connectivity index (χ3v) is 3.17. The van der Waals surface area contributed by atoms with Gasteiger partial charge < -0.3 is 5.11 Å². The highest BCUT2D eigenvalue weighted by molar-refractivity contribution is 7.10. The molecule has 6 heteroatoms. The Labute approximate surface area is 88.1 Å². The predicted molar refractivity (Wildman–Crippen MR) is 50.3 cm³/mol. The van der Waals surface area contributed by atoms with Crippen LogP contribution in [0.15, 0.2) is 11.4 Å². The summed E-state index contributed by atoms with van der Waals surface area (Å²) < 4.78 is 25.0. The average Bonchev–Trinajstić information content (AvgIpc) is 2.46. The van der Waals surface area contributed by atoms with Crippen LogP contribution in [0.25, 0.3) is 0 Å². The predicted octanol–water partition coefficient (Wildman–Crippen LogP) is 3.22. The van der Waals surface area contributed by atoms with E-state index in [4.69, 9.17) is 16.7 Å². The van der Waals surface area contributed by atoms with Gasteiger partial charge in [0.1, 0.15) is 0 Å². The first-order chi connectivity index (χ1) is 6.52. The smallest absolute Gasteiger partial charge is 0.304 e. The molecule has 0 fully saturated rings. The second-order valence-electron chi connectivity index (χ2n) is 2.67. The van der Waals surface area contributed by atoms with Gasteiger partial charge in [-0.1, -0.05) is 11.6 Å². The van der Waals surface area contributed by atoms with Crippen molar-refractivity contribution in [3.8, 4) is 0 Å². The van der Waals surface area contributed by atoms with Crippen LogP contribution in [0.3, 0.4) is 0 Å². The lowest BCUT2D eigenvalue weighted by Gasteiger charge is -2.12. The fourth-order valence-corrected chi connectivity index (χ4v) is 2.36. The lowest BCUT2D eigenvalue weighted by atomic mass is 10.0. The van der Waals surface area contributed by atoms with Crippen molar-refractivity contribution >= 4 is 28.9 Å². The summed E-state index contributed by atoms with van der Waals surface area (Å²) in [4.78, 5) is 10.6. The Morgan fingerprint density at radius 2 is 2.29 bits per heavy atom. The Balaban J connectivity index is 2.88. The van der Waals surface area contributed by atoms with Gasteiger partial charge in [-0.2, -0.15) is 0 Å². The number of carboxylic acid groups (broad SMARTS) is 1. The van der Waals surface area contributed by atoms with E-state index in [9.17, 15) is 13.6 Å². The molecule has 1 aromatic rings. The molecular formula is C8H7ClF2O2S. The molecule has 0 aliphatic carbocycles. The molecule has 1 atom stereocenters. The van der Waals surface area contributed by atoms with E-state index in [-0.39, 0.29) is 9.90 Å². The van der Waals surface area contributed by atoms with E-state index in [0.29, 0.717) is 0 Å². The monoisotopic (exact) mass is 240 g/mol. The van der Waals surface area contributed by atoms with Crippen LogP contribution >= 0.6 is 22.9 Å². The largest absolute Gasteiger partial charge is 0.481 e. The Bertz CT molecular complexity index is 327. The van der Waals surface area contributed by atoms with Crippen LogP contribution in [-0.4, -0.2) is 17.5 Å². The number of thiophene rings is 1. The van der Waals surface area contributed by atoms with Crippen LogP contribution in [0.5, 0.6) is 0 Å². The van der Waals surface area contributed by atoms with E-state index in [1.54, 1.807) is 5.38 Å². The summed E-state index contributed by atoms with van der Waals surface area (Å²) >= 11 is 6.70. The van der Waals surface area contributed by atoms with E-state index < -0.39 is 24.7 Å². The first kappa shape index (κ1) is 11.4. The summed E-state index contributed by atoms with van der Waals surface area (Å²) in [5.41, 5.74) is 0. The quantitative estimate of drug-likeness (QED) is 0.877. The molecule has 0 bridgehead atoms. The van der Waals surface area contributed by atoms with Gasteiger partial charge in [0, 0.05) is 4.88 Å². The maximum absolute atomic E-state index is 12.5. The fraction of sp³-hybridized carbons (Fsp3) is 0.375. The van der Waals surface area contributed by atoms with Gasteiger partial charge in [-0.15, -0.1) is 11.3 Å². The lowest BCUT2D eigenvalue weighted by molar-refractivity contribution is -0.138. The SMILES string of the molecule is O=C(O)CC(c1sccc1Cl)C(F)F. The summed E-state index contributed by atoms with van der Waals surface area (Å²) in [6.45, 7) is 0. The highest BCUT2D eigenvalue weighted by Crippen LogP contribution is 2.35. The van der Waals surface area contributed by atoms with Crippen molar-refractivity contribution in [1.29, 1.82) is 0 Å². The number of carboxylic acids is 1. The molecule has 0 radical (unpaired) electrons. The van der Waals surface area contributed by atoms with E-state index >= 15 is 0 Å². The molecule has 0 saturated heterocycles. The Hall–Kier alpha value is -0.680. The maximum Gasteiger partial charge on any atom is 0.304 e. The van der Waals surface area contributed by atoms with Gasteiger partial charge in [0.2, 0.25) is 6.43 Å². The van der Waals surface area contributed by atoms with Gasteiger partial charge in [-0.3, -0.25) is 4.79 Å². The molecular weight excluding hydrogens is 234 g/mol. The van der Waals surface area contributed by atoms with Crippen LogP contribution < -0.4 is 0 Å². The number of halogens is 3. The molecule has 0 aromatic carbocycles. The molecule has 2 nitrogen and oxygen atoms in total. The zero-order chi connectivity index (χ0) is 10.7. The lowest BCUT2D eigenvalue weighted by Crippen LogP contribution is -2.13. The molecule has 78 valence electrons. The van der Waals surface area contributed by atoms with Crippen molar-refractivity contribution < 1.29 is 18.7 Å². The second kappa shape index (κ2) is 4.70. The molecule has 1 aromatic heterocycles. The van der Waals surface area contributed by atoms with E-state index in [0.717, 1.165) is 11.3 Å². The standard InChI is InChI=1S/C8H7ClF2O2S/c9-5-1-2-14-7(5)4(8(10)11)3-6(12)13/h1-2,4,8H,3H2,(H,12,13). The molecule has 0 aliphatic heterocycles. The zero-order valence-corrected chi connectivity index (χ0v) is 8.49. The van der Waals surface area contributed by atoms with Crippen molar-refractivity contribution in [1.82, 2.24) is 0 Å². The summed E-state index contributed by atoms with van der Waals surface area (Å²) in [5.74, 6) is -2.56. The zero-order valence-electron chi connectivity index (χ0n) is 6.91. The number of hydrogen-bond acceptors (Lipinski definition) is 2. The molecule has 0 spiro atoms. The number of alkyl halides is 2. The van der Waals surface area contributed by atoms with Crippen LogP contribution in [0, 0.1) is 0 Å². The first-order valence-electron chi connectivity index (χ1n) is 3.75. The third kappa shape index (κ3) is 2.65. The molecule has 0 amide bonds. The fourth-order valence-electron chi connectivity index (χ4n) is 1.05. The van der Waals surface area contributed by atoms with Crippen LogP contribution in [0.4, 0.5) is 8.78 Å². The van der Waals surface area contributed by atoms with Crippen molar-refractivity contribution in [3.63, 3.8) is 0 Å². The van der Waals surface area contributed by atoms with Crippen LogP contribution in [0.1, 0.15) is 17.2 Å². The average molecular weight is 241 g/mol. The second-order valence-corrected chi connectivity index (χ2v) is 4.03. The Morgan fingerprint density at radius 1 is 1.64 bits per heavy atom. The van der Waals surface area contributed by atoms with Crippen molar-refractivity contribution in [2.45, 2.75) is 18.8 Å². The minimum absolute atomic E-state index is 0.210. The van der Waals surface area contributed by atoms with E-state index in [2.05, 4.69) is 0 Å². The normalized spacial score (nSPS) is 13.1. The summed E-state index contributed by atoms with van der Waals surface area (Å²) in [7, 11) is 0. The Kier molecular flexibility index (Phi) is 3.83. The molecule has 1 heterocycles. The van der Waals surface area contributed by atoms with Gasteiger partial charge in [-0.25, -0.2) is 8.78 Å². The molecule has 1 rings (SSSR count). The van der Waals surface area contributed by atoms with Gasteiger partial charge in [0.25, 0.3) is 0 Å². The van der Waals surface area contributed by atoms with Crippen molar-refractivity contribution in [2.75, 3.05) is 0 Å². The topological polar surface area (TPSA) is 37.3 Å². The highest BCUT2D eigenvalue weighted by atomic mass is 35.5. The number of rotatable bonds is 4. The summed E-state index contributed by atoms with van der Waals surface area (Å²) in [6.07, 6.45) is -3.31. The third-order valence-electron chi connectivity index (χ3n) is 1.68. The molecule has 0 aliphatic rings. The number of hydrogen-bond donors (Lipinski definition) is 1. The minimum Gasteiger partial charge on any atom is -0.481 e. The molecule has 14 heavy (non-hydrogen) atoms. The van der Waals surface area contributed by atoms with Crippen molar-refractivity contribution in [3.05, 3.63) is 21.3 Å². The van der Waals surface area contributed by atoms with Gasteiger partial charge >= 0.3 is 5.97 Å². The van der Waals surface area contributed by atoms with Crippen LogP contribution in [-0.2, 0) is 4.79 Å². The molecule has 1 unspecified atom stereocenters. The van der Waals surface area contributed by atoms with Gasteiger partial charge in [0.15, 0.2) is 0 Å². The summed E-state index contributed by atoms with van der Waals surface area (Å²) in [5, 5.41) is 10.2. The van der Waals surface area contributed by atoms with Crippen molar-refractivity contribution in [2.24, 2.45) is 0 Å². The van der Waals surface area contributed by atoms with Gasteiger partial charge in [0.05, 0.1) is 17.4 Å². The van der Waals surface area contributed by atoms with Crippen LogP contribution in [0.2, 0.25) is 5.02 Å². The van der Waals surface area contributed by atoms with E-state index in [1.807, 2.05) is 0 Å². The number of carbonyl (C=O) groups is 1.